The Morgan fingerprint density at radius 3 is 2.87 bits per heavy atom. The quantitative estimate of drug-likeness (QED) is 0.734. The van der Waals surface area contributed by atoms with Crippen molar-refractivity contribution < 1.29 is 9.53 Å². The van der Waals surface area contributed by atoms with Crippen LogP contribution in [0.15, 0.2) is 42.6 Å². The minimum absolute atomic E-state index is 0.0686. The van der Waals surface area contributed by atoms with Gasteiger partial charge in [-0.25, -0.2) is 0 Å². The van der Waals surface area contributed by atoms with Crippen LogP contribution in [-0.2, 0) is 6.61 Å². The predicted molar refractivity (Wildman–Crippen MR) is 90.4 cm³/mol. The molecule has 2 aromatic rings. The summed E-state index contributed by atoms with van der Waals surface area (Å²) in [5.74, 6) is 0.646. The van der Waals surface area contributed by atoms with Crippen molar-refractivity contribution in [2.24, 2.45) is 5.73 Å². The number of benzene rings is 1. The third-order valence-electron chi connectivity index (χ3n) is 3.40. The Hall–Kier alpha value is -2.40. The van der Waals surface area contributed by atoms with E-state index in [1.165, 1.54) is 0 Å². The number of aryl methyl sites for hydroxylation is 1. The van der Waals surface area contributed by atoms with E-state index in [1.807, 2.05) is 37.3 Å². The molecule has 1 aromatic carbocycles. The van der Waals surface area contributed by atoms with Crippen LogP contribution in [0.5, 0.6) is 5.75 Å². The summed E-state index contributed by atoms with van der Waals surface area (Å²) >= 11 is 0. The number of aromatic nitrogens is 1. The molecule has 0 fully saturated rings. The van der Waals surface area contributed by atoms with Crippen molar-refractivity contribution in [3.63, 3.8) is 0 Å². The monoisotopic (exact) mass is 313 g/mol. The Morgan fingerprint density at radius 1 is 1.26 bits per heavy atom. The van der Waals surface area contributed by atoms with Gasteiger partial charge in [-0.2, -0.15) is 0 Å². The third-order valence-corrected chi connectivity index (χ3v) is 3.40. The molecule has 1 amide bonds. The van der Waals surface area contributed by atoms with Crippen LogP contribution in [0.2, 0.25) is 0 Å². The van der Waals surface area contributed by atoms with Crippen LogP contribution >= 0.6 is 0 Å². The second-order valence-corrected chi connectivity index (χ2v) is 5.38. The third kappa shape index (κ3) is 5.71. The maximum Gasteiger partial charge on any atom is 0.251 e. The minimum Gasteiger partial charge on any atom is -0.487 e. The predicted octanol–water partition coefficient (Wildman–Crippen LogP) is 2.44. The largest absolute Gasteiger partial charge is 0.487 e. The second kappa shape index (κ2) is 8.90. The van der Waals surface area contributed by atoms with E-state index in [0.29, 0.717) is 31.0 Å². The van der Waals surface area contributed by atoms with E-state index in [1.54, 1.807) is 12.3 Å². The lowest BCUT2D eigenvalue weighted by Gasteiger charge is -2.08. The van der Waals surface area contributed by atoms with Crippen LogP contribution in [-0.4, -0.2) is 24.0 Å². The molecular formula is C18H23N3O2. The van der Waals surface area contributed by atoms with Gasteiger partial charge < -0.3 is 15.8 Å². The molecule has 122 valence electrons. The van der Waals surface area contributed by atoms with Crippen LogP contribution in [0.4, 0.5) is 0 Å². The Morgan fingerprint density at radius 2 is 2.13 bits per heavy atom. The zero-order valence-corrected chi connectivity index (χ0v) is 13.4. The highest BCUT2D eigenvalue weighted by molar-refractivity contribution is 5.94. The normalized spacial score (nSPS) is 10.3. The fourth-order valence-electron chi connectivity index (χ4n) is 2.08. The molecule has 0 spiro atoms. The maximum absolute atomic E-state index is 12.1. The molecule has 0 bridgehead atoms. The van der Waals surface area contributed by atoms with Gasteiger partial charge in [-0.1, -0.05) is 12.1 Å². The zero-order chi connectivity index (χ0) is 16.5. The van der Waals surface area contributed by atoms with Crippen molar-refractivity contribution in [3.05, 3.63) is 59.4 Å². The van der Waals surface area contributed by atoms with Crippen LogP contribution < -0.4 is 15.8 Å². The number of nitrogens with one attached hydrogen (secondary N) is 1. The van der Waals surface area contributed by atoms with Crippen LogP contribution in [0.3, 0.4) is 0 Å². The van der Waals surface area contributed by atoms with E-state index in [9.17, 15) is 4.79 Å². The van der Waals surface area contributed by atoms with Gasteiger partial charge in [-0.3, -0.25) is 9.78 Å². The number of ether oxygens (including phenoxy) is 1. The standard InChI is InChI=1S/C18H23N3O2/c1-14-7-8-17(12-21-14)23-13-15-5-4-6-16(11-15)18(22)20-10-3-2-9-19/h4-8,11-12H,2-3,9-10,13,19H2,1H3,(H,20,22). The summed E-state index contributed by atoms with van der Waals surface area (Å²) in [4.78, 5) is 16.3. The summed E-state index contributed by atoms with van der Waals surface area (Å²) < 4.78 is 5.69. The molecule has 0 aliphatic carbocycles. The molecular weight excluding hydrogens is 290 g/mol. The molecule has 0 saturated heterocycles. The van der Waals surface area contributed by atoms with Gasteiger partial charge in [0, 0.05) is 17.8 Å². The topological polar surface area (TPSA) is 77.2 Å². The van der Waals surface area contributed by atoms with Crippen LogP contribution in [0.1, 0.15) is 34.5 Å². The summed E-state index contributed by atoms with van der Waals surface area (Å²) in [6.07, 6.45) is 3.51. The molecule has 0 radical (unpaired) electrons. The highest BCUT2D eigenvalue weighted by Gasteiger charge is 2.06. The molecule has 1 aromatic heterocycles. The highest BCUT2D eigenvalue weighted by atomic mass is 16.5. The Balaban J connectivity index is 1.88. The lowest BCUT2D eigenvalue weighted by molar-refractivity contribution is 0.0953. The SMILES string of the molecule is Cc1ccc(OCc2cccc(C(=O)NCCCCN)c2)cn1. The van der Waals surface area contributed by atoms with E-state index < -0.39 is 0 Å². The number of unbranched alkanes of at least 4 members (excludes halogenated alkanes) is 1. The lowest BCUT2D eigenvalue weighted by atomic mass is 10.1. The van der Waals surface area contributed by atoms with Gasteiger partial charge in [0.25, 0.3) is 5.91 Å². The number of carbonyl (C=O) groups is 1. The lowest BCUT2D eigenvalue weighted by Crippen LogP contribution is -2.25. The van der Waals surface area contributed by atoms with Crippen LogP contribution in [0, 0.1) is 6.92 Å². The van der Waals surface area contributed by atoms with E-state index in [4.69, 9.17) is 10.5 Å². The molecule has 1 heterocycles. The number of rotatable bonds is 8. The van der Waals surface area contributed by atoms with Gasteiger partial charge in [-0.05, 0) is 56.1 Å². The van der Waals surface area contributed by atoms with E-state index >= 15 is 0 Å². The molecule has 5 nitrogen and oxygen atoms in total. The first-order valence-corrected chi connectivity index (χ1v) is 7.81. The van der Waals surface area contributed by atoms with Crippen LogP contribution in [0.25, 0.3) is 0 Å². The fraction of sp³-hybridized carbons (Fsp3) is 0.333. The number of nitrogens with zero attached hydrogens (tertiary/aromatic N) is 1. The van der Waals surface area contributed by atoms with Gasteiger partial charge in [0.15, 0.2) is 0 Å². The van der Waals surface area contributed by atoms with Crippen molar-refractivity contribution in [3.8, 4) is 5.75 Å². The van der Waals surface area contributed by atoms with E-state index in [-0.39, 0.29) is 5.91 Å². The molecule has 0 saturated carbocycles. The summed E-state index contributed by atoms with van der Waals surface area (Å²) in [7, 11) is 0. The number of amides is 1. The highest BCUT2D eigenvalue weighted by Crippen LogP contribution is 2.12. The van der Waals surface area contributed by atoms with Gasteiger partial charge in [-0.15, -0.1) is 0 Å². The fourth-order valence-corrected chi connectivity index (χ4v) is 2.08. The summed E-state index contributed by atoms with van der Waals surface area (Å²) in [5, 5.41) is 2.90. The zero-order valence-electron chi connectivity index (χ0n) is 13.4. The summed E-state index contributed by atoms with van der Waals surface area (Å²) in [6.45, 7) is 3.63. The van der Waals surface area contributed by atoms with Gasteiger partial charge in [0.1, 0.15) is 12.4 Å². The van der Waals surface area contributed by atoms with Crippen molar-refractivity contribution in [2.45, 2.75) is 26.4 Å². The van der Waals surface area contributed by atoms with Gasteiger partial charge >= 0.3 is 0 Å². The maximum atomic E-state index is 12.1. The molecule has 23 heavy (non-hydrogen) atoms. The first-order valence-electron chi connectivity index (χ1n) is 7.81. The molecule has 2 rings (SSSR count). The molecule has 0 atom stereocenters. The molecule has 0 aliphatic rings. The molecule has 5 heteroatoms. The second-order valence-electron chi connectivity index (χ2n) is 5.38. The number of hydrogen-bond donors (Lipinski definition) is 2. The number of nitrogens with two attached hydrogens (primary N) is 1. The van der Waals surface area contributed by atoms with Gasteiger partial charge in [0.05, 0.1) is 6.20 Å². The summed E-state index contributed by atoms with van der Waals surface area (Å²) in [6, 6.07) is 11.2. The van der Waals surface area contributed by atoms with Crippen molar-refractivity contribution in [1.82, 2.24) is 10.3 Å². The summed E-state index contributed by atoms with van der Waals surface area (Å²) in [5.41, 5.74) is 7.97. The molecule has 0 unspecified atom stereocenters. The first kappa shape index (κ1) is 17.0. The van der Waals surface area contributed by atoms with E-state index in [2.05, 4.69) is 10.3 Å². The Bertz CT molecular complexity index is 626. The molecule has 3 N–H and O–H groups in total. The smallest absolute Gasteiger partial charge is 0.251 e. The van der Waals surface area contributed by atoms with Crippen molar-refractivity contribution >= 4 is 5.91 Å². The Kier molecular flexibility index (Phi) is 6.56. The molecule has 0 aliphatic heterocycles. The van der Waals surface area contributed by atoms with E-state index in [0.717, 1.165) is 24.1 Å². The average molecular weight is 313 g/mol. The number of hydrogen-bond acceptors (Lipinski definition) is 4. The van der Waals surface area contributed by atoms with Gasteiger partial charge in [0.2, 0.25) is 0 Å². The first-order chi connectivity index (χ1) is 11.2. The Labute approximate surface area is 136 Å². The number of pyridine rings is 1. The average Bonchev–Trinajstić information content (AvgIpc) is 2.58. The minimum atomic E-state index is -0.0686. The van der Waals surface area contributed by atoms with Crippen molar-refractivity contribution in [2.75, 3.05) is 13.1 Å². The number of carbonyl (C=O) groups excluding carboxylic acids is 1. The van der Waals surface area contributed by atoms with Crippen molar-refractivity contribution in [1.29, 1.82) is 0 Å².